The maximum Gasteiger partial charge on any atom is 0.251 e. The number of pyridine rings is 1. The number of benzene rings is 1. The van der Waals surface area contributed by atoms with Crippen LogP contribution in [0, 0.1) is 0 Å². The molecule has 122 valence electrons. The summed E-state index contributed by atoms with van der Waals surface area (Å²) < 4.78 is 7.73. The van der Waals surface area contributed by atoms with Crippen LogP contribution in [0.25, 0.3) is 10.9 Å². The van der Waals surface area contributed by atoms with Gasteiger partial charge in [-0.1, -0.05) is 25.1 Å². The summed E-state index contributed by atoms with van der Waals surface area (Å²) in [5.74, 6) is 0. The Morgan fingerprint density at radius 1 is 1.30 bits per heavy atom. The normalized spacial score (nSPS) is 21.7. The molecule has 1 unspecified atom stereocenters. The van der Waals surface area contributed by atoms with Crippen molar-refractivity contribution in [2.75, 3.05) is 19.7 Å². The van der Waals surface area contributed by atoms with Crippen molar-refractivity contribution in [3.8, 4) is 0 Å². The summed E-state index contributed by atoms with van der Waals surface area (Å²) in [6.07, 6.45) is 3.51. The van der Waals surface area contributed by atoms with E-state index < -0.39 is 0 Å². The van der Waals surface area contributed by atoms with E-state index in [9.17, 15) is 4.79 Å². The molecule has 1 atom stereocenters. The fourth-order valence-corrected chi connectivity index (χ4v) is 3.98. The fraction of sp³-hybridized carbons (Fsp3) is 0.526. The molecule has 1 saturated heterocycles. The topological polar surface area (TPSA) is 34.5 Å². The Morgan fingerprint density at radius 2 is 2.22 bits per heavy atom. The van der Waals surface area contributed by atoms with Crippen molar-refractivity contribution in [2.24, 2.45) is 0 Å². The molecule has 1 aromatic carbocycles. The van der Waals surface area contributed by atoms with E-state index in [-0.39, 0.29) is 5.56 Å². The van der Waals surface area contributed by atoms with Crippen molar-refractivity contribution in [2.45, 2.75) is 45.4 Å². The molecular formula is C19H24N2O2. The third-order valence-electron chi connectivity index (χ3n) is 5.20. The number of ether oxygens (including phenoxy) is 1. The first-order chi connectivity index (χ1) is 11.3. The van der Waals surface area contributed by atoms with Gasteiger partial charge in [-0.3, -0.25) is 9.69 Å². The van der Waals surface area contributed by atoms with Gasteiger partial charge < -0.3 is 9.30 Å². The maximum atomic E-state index is 12.6. The largest absolute Gasteiger partial charge is 0.376 e. The minimum atomic E-state index is 0.153. The highest BCUT2D eigenvalue weighted by atomic mass is 16.5. The van der Waals surface area contributed by atoms with Gasteiger partial charge in [-0.2, -0.15) is 0 Å². The van der Waals surface area contributed by atoms with Crippen molar-refractivity contribution in [1.82, 2.24) is 9.47 Å². The zero-order chi connectivity index (χ0) is 15.8. The molecule has 2 aliphatic heterocycles. The number of nitrogens with zero attached hydrogens (tertiary/aromatic N) is 2. The molecule has 0 saturated carbocycles. The van der Waals surface area contributed by atoms with Crippen LogP contribution in [0.15, 0.2) is 29.1 Å². The van der Waals surface area contributed by atoms with Crippen LogP contribution in [0.4, 0.5) is 0 Å². The third kappa shape index (κ3) is 2.70. The van der Waals surface area contributed by atoms with Gasteiger partial charge in [-0.15, -0.1) is 0 Å². The second kappa shape index (κ2) is 6.10. The lowest BCUT2D eigenvalue weighted by Gasteiger charge is -2.33. The van der Waals surface area contributed by atoms with Gasteiger partial charge in [0.2, 0.25) is 0 Å². The summed E-state index contributed by atoms with van der Waals surface area (Å²) in [5, 5.41) is 1.25. The van der Waals surface area contributed by atoms with E-state index in [4.69, 9.17) is 4.74 Å². The molecule has 0 N–H and O–H groups in total. The van der Waals surface area contributed by atoms with Crippen LogP contribution >= 0.6 is 0 Å². The molecule has 0 spiro atoms. The number of aromatic nitrogens is 1. The smallest absolute Gasteiger partial charge is 0.251 e. The SMILES string of the molecule is CCC1CN(Cc2cc(=O)n3c4c(cccc24)CCC3)CCO1. The van der Waals surface area contributed by atoms with E-state index in [1.165, 1.54) is 22.0 Å². The van der Waals surface area contributed by atoms with E-state index in [1.54, 1.807) is 0 Å². The van der Waals surface area contributed by atoms with Crippen LogP contribution in [-0.4, -0.2) is 35.3 Å². The number of morpholine rings is 1. The van der Waals surface area contributed by atoms with Crippen LogP contribution in [-0.2, 0) is 24.2 Å². The Bertz CT molecular complexity index is 781. The highest BCUT2D eigenvalue weighted by Gasteiger charge is 2.21. The Labute approximate surface area is 136 Å². The molecule has 4 nitrogen and oxygen atoms in total. The molecule has 1 aromatic heterocycles. The van der Waals surface area contributed by atoms with Crippen molar-refractivity contribution in [3.63, 3.8) is 0 Å². The first kappa shape index (κ1) is 14.9. The Balaban J connectivity index is 1.74. The van der Waals surface area contributed by atoms with Gasteiger partial charge in [-0.05, 0) is 30.4 Å². The molecule has 0 bridgehead atoms. The van der Waals surface area contributed by atoms with E-state index >= 15 is 0 Å². The number of hydrogen-bond acceptors (Lipinski definition) is 3. The molecular weight excluding hydrogens is 288 g/mol. The summed E-state index contributed by atoms with van der Waals surface area (Å²) in [6.45, 7) is 6.56. The first-order valence-corrected chi connectivity index (χ1v) is 8.74. The zero-order valence-electron chi connectivity index (χ0n) is 13.8. The minimum Gasteiger partial charge on any atom is -0.376 e. The van der Waals surface area contributed by atoms with Gasteiger partial charge in [-0.25, -0.2) is 0 Å². The maximum absolute atomic E-state index is 12.6. The van der Waals surface area contributed by atoms with Crippen LogP contribution in [0.1, 0.15) is 30.9 Å². The van der Waals surface area contributed by atoms with Crippen LogP contribution in [0.2, 0.25) is 0 Å². The lowest BCUT2D eigenvalue weighted by molar-refractivity contribution is -0.0323. The lowest BCUT2D eigenvalue weighted by Crippen LogP contribution is -2.41. The van der Waals surface area contributed by atoms with Crippen LogP contribution in [0.5, 0.6) is 0 Å². The highest BCUT2D eigenvalue weighted by molar-refractivity contribution is 5.86. The number of hydrogen-bond donors (Lipinski definition) is 0. The number of rotatable bonds is 3. The average Bonchev–Trinajstić information content (AvgIpc) is 2.59. The van der Waals surface area contributed by atoms with Gasteiger partial charge in [0.05, 0.1) is 18.2 Å². The number of para-hydroxylation sites is 1. The average molecular weight is 312 g/mol. The lowest BCUT2D eigenvalue weighted by atomic mass is 9.98. The zero-order valence-corrected chi connectivity index (χ0v) is 13.8. The molecule has 4 heteroatoms. The van der Waals surface area contributed by atoms with Crippen molar-refractivity contribution < 1.29 is 4.74 Å². The molecule has 4 rings (SSSR count). The van der Waals surface area contributed by atoms with E-state index in [1.807, 2.05) is 10.6 Å². The summed E-state index contributed by atoms with van der Waals surface area (Å²) >= 11 is 0. The predicted octanol–water partition coefficient (Wildman–Crippen LogP) is 2.56. The molecule has 0 aliphatic carbocycles. The number of aryl methyl sites for hydroxylation is 2. The van der Waals surface area contributed by atoms with Crippen molar-refractivity contribution in [1.29, 1.82) is 0 Å². The molecule has 3 heterocycles. The third-order valence-corrected chi connectivity index (χ3v) is 5.20. The first-order valence-electron chi connectivity index (χ1n) is 8.74. The highest BCUT2D eigenvalue weighted by Crippen LogP contribution is 2.26. The molecule has 23 heavy (non-hydrogen) atoms. The molecule has 1 fully saturated rings. The van der Waals surface area contributed by atoms with Gasteiger partial charge in [0, 0.05) is 37.6 Å². The summed E-state index contributed by atoms with van der Waals surface area (Å²) in [5.41, 5.74) is 3.81. The van der Waals surface area contributed by atoms with E-state index in [2.05, 4.69) is 30.0 Å². The van der Waals surface area contributed by atoms with Crippen LogP contribution in [0.3, 0.4) is 0 Å². The second-order valence-electron chi connectivity index (χ2n) is 6.71. The van der Waals surface area contributed by atoms with Crippen molar-refractivity contribution in [3.05, 3.63) is 45.7 Å². The van der Waals surface area contributed by atoms with Crippen LogP contribution < -0.4 is 5.56 Å². The van der Waals surface area contributed by atoms with Gasteiger partial charge >= 0.3 is 0 Å². The van der Waals surface area contributed by atoms with Gasteiger partial charge in [0.1, 0.15) is 0 Å². The standard InChI is InChI=1S/C19H24N2O2/c1-2-16-13-20(9-10-23-16)12-15-11-18(22)21-8-4-6-14-5-3-7-17(15)19(14)21/h3,5,7,11,16H,2,4,6,8-10,12-13H2,1H3. The summed E-state index contributed by atoms with van der Waals surface area (Å²) in [6, 6.07) is 8.33. The minimum absolute atomic E-state index is 0.153. The Kier molecular flexibility index (Phi) is 3.95. The fourth-order valence-electron chi connectivity index (χ4n) is 3.98. The monoisotopic (exact) mass is 312 g/mol. The summed E-state index contributed by atoms with van der Waals surface area (Å²) in [4.78, 5) is 15.0. The second-order valence-corrected chi connectivity index (χ2v) is 6.71. The summed E-state index contributed by atoms with van der Waals surface area (Å²) in [7, 11) is 0. The predicted molar refractivity (Wildman–Crippen MR) is 91.8 cm³/mol. The van der Waals surface area contributed by atoms with E-state index in [0.717, 1.165) is 52.0 Å². The van der Waals surface area contributed by atoms with Gasteiger partial charge in [0.25, 0.3) is 5.56 Å². The molecule has 0 radical (unpaired) electrons. The molecule has 2 aromatic rings. The van der Waals surface area contributed by atoms with Gasteiger partial charge in [0.15, 0.2) is 0 Å². The Morgan fingerprint density at radius 3 is 3.09 bits per heavy atom. The Hall–Kier alpha value is -1.65. The quantitative estimate of drug-likeness (QED) is 0.873. The molecule has 0 amide bonds. The van der Waals surface area contributed by atoms with E-state index in [0.29, 0.717) is 6.10 Å². The van der Waals surface area contributed by atoms with Crippen molar-refractivity contribution >= 4 is 10.9 Å². The molecule has 2 aliphatic rings.